The summed E-state index contributed by atoms with van der Waals surface area (Å²) in [6.45, 7) is 3.79. The second kappa shape index (κ2) is 20.3. The first kappa shape index (κ1) is 47.7. The van der Waals surface area contributed by atoms with Crippen LogP contribution >= 0.6 is 35.2 Å². The number of anilines is 1. The quantitative estimate of drug-likeness (QED) is 0.0480. The number of ether oxygens (including phenoxy) is 1. The lowest BCUT2D eigenvalue weighted by atomic mass is 9.87. The van der Waals surface area contributed by atoms with Gasteiger partial charge in [0.25, 0.3) is 15.6 Å². The van der Waals surface area contributed by atoms with E-state index in [1.54, 1.807) is 6.92 Å². The van der Waals surface area contributed by atoms with Crippen LogP contribution in [-0.2, 0) is 50.7 Å². The van der Waals surface area contributed by atoms with Gasteiger partial charge in [0.2, 0.25) is 16.9 Å². The minimum atomic E-state index is -5.91. The highest BCUT2D eigenvalue weighted by molar-refractivity contribution is 8.14. The number of aliphatic hydroxyl groups is 2. The lowest BCUT2D eigenvalue weighted by molar-refractivity contribution is -0.347. The highest BCUT2D eigenvalue weighted by Gasteiger charge is 2.47. The molecule has 2 aromatic heterocycles. The molecule has 24 nitrogen and oxygen atoms in total. The SMILES string of the molecule is CCC/C=C(\C)C(=O)SCCNC(=O)CCNC(=O)[C@H](O)C(C)(C)COP(=O)([O-])OP(=O)([O-])OC[C@H]1O[C@@H](n2cnc3c(N)ncnc32)[C@H](O)[C@@H]1OP(=O)([O-])[O-]. The zero-order chi connectivity index (χ0) is 42.1. The minimum Gasteiger partial charge on any atom is -0.790 e. The molecule has 2 unspecified atom stereocenters. The Kier molecular flexibility index (Phi) is 17.3. The number of nitrogens with zero attached hydrogens (tertiary/aromatic N) is 4. The number of aliphatic hydroxyl groups excluding tert-OH is 2. The zero-order valence-corrected chi connectivity index (χ0v) is 33.9. The maximum Gasteiger partial charge on any atom is 0.274 e. The third-order valence-corrected chi connectivity index (χ3v) is 11.8. The molecule has 1 saturated heterocycles. The van der Waals surface area contributed by atoms with Crippen molar-refractivity contribution in [3.05, 3.63) is 24.3 Å². The number of aromatic nitrogens is 4. The van der Waals surface area contributed by atoms with E-state index in [1.807, 2.05) is 13.0 Å². The van der Waals surface area contributed by atoms with Crippen molar-refractivity contribution in [3.63, 3.8) is 0 Å². The van der Waals surface area contributed by atoms with Crippen LogP contribution in [0.15, 0.2) is 24.3 Å². The molecule has 0 saturated carbocycles. The monoisotopic (exact) mass is 873 g/mol. The summed E-state index contributed by atoms with van der Waals surface area (Å²) in [5, 5.41) is 26.1. The molecular weight excluding hydrogens is 831 g/mol. The van der Waals surface area contributed by atoms with Crippen molar-refractivity contribution in [1.82, 2.24) is 30.2 Å². The second-order valence-corrected chi connectivity index (χ2v) is 17.9. The highest BCUT2D eigenvalue weighted by atomic mass is 32.2. The molecule has 1 fully saturated rings. The van der Waals surface area contributed by atoms with Crippen LogP contribution in [-0.4, -0.2) is 103 Å². The average Bonchev–Trinajstić information content (AvgIpc) is 3.66. The third-order valence-electron chi connectivity index (χ3n) is 7.77. The Bertz CT molecular complexity index is 1880. The van der Waals surface area contributed by atoms with Crippen molar-refractivity contribution < 1.29 is 80.5 Å². The molecule has 6 N–H and O–H groups in total. The van der Waals surface area contributed by atoms with E-state index in [0.717, 1.165) is 41.8 Å². The summed E-state index contributed by atoms with van der Waals surface area (Å²) in [5.41, 5.74) is 4.69. The summed E-state index contributed by atoms with van der Waals surface area (Å²) in [4.78, 5) is 96.1. The Labute approximate surface area is 324 Å². The molecule has 3 heterocycles. The van der Waals surface area contributed by atoms with Crippen molar-refractivity contribution in [2.24, 2.45) is 5.41 Å². The Balaban J connectivity index is 1.49. The fourth-order valence-electron chi connectivity index (χ4n) is 4.81. The van der Waals surface area contributed by atoms with Crippen LogP contribution in [0.3, 0.4) is 0 Å². The van der Waals surface area contributed by atoms with E-state index in [2.05, 4.69) is 43.5 Å². The highest BCUT2D eigenvalue weighted by Crippen LogP contribution is 2.56. The molecule has 0 aromatic carbocycles. The van der Waals surface area contributed by atoms with Crippen LogP contribution in [0.25, 0.3) is 11.2 Å². The number of hydrogen-bond acceptors (Lipinski definition) is 22. The predicted octanol–water partition coefficient (Wildman–Crippen LogP) is -2.12. The molecule has 0 aliphatic carbocycles. The molecule has 3 rings (SSSR count). The van der Waals surface area contributed by atoms with Gasteiger partial charge in [0.05, 0.1) is 27.4 Å². The lowest BCUT2D eigenvalue weighted by Gasteiger charge is -2.36. The van der Waals surface area contributed by atoms with Crippen molar-refractivity contribution in [1.29, 1.82) is 0 Å². The molecule has 0 spiro atoms. The van der Waals surface area contributed by atoms with Gasteiger partial charge < -0.3 is 69.0 Å². The molecule has 7 atom stereocenters. The molecular formula is C28H42N7O17P3S-4. The number of nitrogens with one attached hydrogen (secondary N) is 2. The smallest absolute Gasteiger partial charge is 0.274 e. The maximum absolute atomic E-state index is 12.5. The number of imidazole rings is 1. The molecule has 0 bridgehead atoms. The number of carbonyl (C=O) groups excluding carboxylic acids is 3. The molecule has 316 valence electrons. The van der Waals surface area contributed by atoms with Gasteiger partial charge in [-0.15, -0.1) is 0 Å². The van der Waals surface area contributed by atoms with Crippen LogP contribution in [0, 0.1) is 5.41 Å². The van der Waals surface area contributed by atoms with E-state index in [4.69, 9.17) is 10.5 Å². The lowest BCUT2D eigenvalue weighted by Crippen LogP contribution is -2.46. The molecule has 1 aliphatic rings. The van der Waals surface area contributed by atoms with E-state index in [-0.39, 0.29) is 41.6 Å². The number of carbonyl (C=O) groups is 3. The topological polar surface area (TPSA) is 375 Å². The normalized spacial score (nSPS) is 22.0. The summed E-state index contributed by atoms with van der Waals surface area (Å²) in [5.74, 6) is -1.23. The summed E-state index contributed by atoms with van der Waals surface area (Å²) in [7, 11) is -17.6. The Morgan fingerprint density at radius 3 is 2.45 bits per heavy atom. The number of fused-ring (bicyclic) bond motifs is 1. The van der Waals surface area contributed by atoms with Gasteiger partial charge in [0.1, 0.15) is 36.3 Å². The van der Waals surface area contributed by atoms with Crippen LogP contribution in [0.2, 0.25) is 0 Å². The summed E-state index contributed by atoms with van der Waals surface area (Å²) in [6.07, 6.45) is -4.05. The number of nitrogens with two attached hydrogens (primary N) is 1. The third kappa shape index (κ3) is 14.3. The van der Waals surface area contributed by atoms with E-state index >= 15 is 0 Å². The van der Waals surface area contributed by atoms with E-state index in [0.29, 0.717) is 11.3 Å². The molecule has 1 aliphatic heterocycles. The van der Waals surface area contributed by atoms with Gasteiger partial charge in [0.15, 0.2) is 17.7 Å². The van der Waals surface area contributed by atoms with E-state index < -0.39 is 84.6 Å². The number of phosphoric acid groups is 3. The molecule has 28 heteroatoms. The van der Waals surface area contributed by atoms with Crippen LogP contribution < -0.4 is 35.9 Å². The number of hydrogen-bond donors (Lipinski definition) is 5. The van der Waals surface area contributed by atoms with Gasteiger partial charge in [-0.25, -0.2) is 19.3 Å². The summed E-state index contributed by atoms with van der Waals surface area (Å²) >= 11 is 1.05. The van der Waals surface area contributed by atoms with Gasteiger partial charge in [0, 0.05) is 30.7 Å². The number of thioether (sulfide) groups is 1. The van der Waals surface area contributed by atoms with Gasteiger partial charge in [-0.05, 0) is 18.9 Å². The van der Waals surface area contributed by atoms with E-state index in [9.17, 15) is 57.9 Å². The standard InChI is InChI=1S/C28H46N7O17P3S/c1-5-6-7-16(2)27(40)56-11-10-30-18(36)8-9-31-25(39)22(38)28(3,4)13-49-55(46,47)52-54(44,45)48-12-17-21(51-53(41,42)43)20(37)26(50-17)35-15-34-19-23(29)32-14-33-24(19)35/h7,14-15,17,20-22,26,37-38H,5-6,8-13H2,1-4H3,(H,30,36)(H,31,39)(H,44,45)(H,46,47)(H2,29,32,33)(H2,41,42,43)/p-4/b16-7+/t17-,20-,21-,22+,26-/m1/s1. The van der Waals surface area contributed by atoms with Crippen molar-refractivity contribution in [2.45, 2.75) is 77.6 Å². The van der Waals surface area contributed by atoms with Gasteiger partial charge >= 0.3 is 0 Å². The predicted molar refractivity (Wildman–Crippen MR) is 187 cm³/mol. The summed E-state index contributed by atoms with van der Waals surface area (Å²) < 4.78 is 60.5. The number of allylic oxidation sites excluding steroid dienone is 1. The molecule has 2 aromatic rings. The number of nitrogen functional groups attached to an aromatic ring is 1. The van der Waals surface area contributed by atoms with Crippen molar-refractivity contribution >= 4 is 69.1 Å². The molecule has 0 radical (unpaired) electrons. The number of amides is 2. The van der Waals surface area contributed by atoms with Crippen LogP contribution in [0.5, 0.6) is 0 Å². The van der Waals surface area contributed by atoms with Gasteiger partial charge in [-0.3, -0.25) is 28.1 Å². The fourth-order valence-corrected chi connectivity index (χ4v) is 8.25. The van der Waals surface area contributed by atoms with E-state index in [1.165, 1.54) is 13.8 Å². The molecule has 2 amide bonds. The Morgan fingerprint density at radius 2 is 1.79 bits per heavy atom. The largest absolute Gasteiger partial charge is 0.790 e. The van der Waals surface area contributed by atoms with Gasteiger partial charge in [-0.2, -0.15) is 0 Å². The fraction of sp³-hybridized carbons (Fsp3) is 0.643. The van der Waals surface area contributed by atoms with Crippen LogP contribution in [0.4, 0.5) is 5.82 Å². The maximum atomic E-state index is 12.5. The first-order valence-corrected chi connectivity index (χ1v) is 22.0. The zero-order valence-electron chi connectivity index (χ0n) is 30.4. The molecule has 56 heavy (non-hydrogen) atoms. The van der Waals surface area contributed by atoms with Crippen LogP contribution in [0.1, 0.15) is 53.2 Å². The Morgan fingerprint density at radius 1 is 1.11 bits per heavy atom. The summed E-state index contributed by atoms with van der Waals surface area (Å²) in [6, 6.07) is 0. The average molecular weight is 874 g/mol. The second-order valence-electron chi connectivity index (χ2n) is 12.8. The Hall–Kier alpha value is -2.70. The number of unbranched alkanes of at least 4 members (excludes halogenated alkanes) is 1. The van der Waals surface area contributed by atoms with Crippen molar-refractivity contribution in [3.8, 4) is 0 Å². The van der Waals surface area contributed by atoms with Crippen molar-refractivity contribution in [2.75, 3.05) is 37.8 Å². The first-order valence-electron chi connectivity index (χ1n) is 16.6. The number of phosphoric ester groups is 3. The first-order chi connectivity index (χ1) is 26.0. The van der Waals surface area contributed by atoms with Gasteiger partial charge in [-0.1, -0.05) is 45.0 Å². The number of rotatable bonds is 22. The minimum absolute atomic E-state index is 0.0213.